The molecule has 0 fully saturated rings. The lowest BCUT2D eigenvalue weighted by molar-refractivity contribution is -0.162. The number of ether oxygens (including phenoxy) is 3. The average molecular weight is 501 g/mol. The maximum atomic E-state index is 12.1. The minimum atomic E-state index is -0.538. The van der Waals surface area contributed by atoms with Crippen molar-refractivity contribution in [1.82, 2.24) is 0 Å². The van der Waals surface area contributed by atoms with E-state index in [2.05, 4.69) is 0 Å². The van der Waals surface area contributed by atoms with E-state index in [1.165, 1.54) is 64.2 Å². The first kappa shape index (κ1) is 33.8. The van der Waals surface area contributed by atoms with E-state index < -0.39 is 6.10 Å². The molecule has 0 bridgehead atoms. The highest BCUT2D eigenvalue weighted by Gasteiger charge is 2.17. The molecule has 0 aliphatic heterocycles. The van der Waals surface area contributed by atoms with E-state index in [0.717, 1.165) is 64.5 Å². The SMILES string of the molecule is COCC(COC(=O)CCCCCCCCCCCN)OC(=O)CCCCCCCCCCCN. The van der Waals surface area contributed by atoms with Crippen molar-refractivity contribution in [3.8, 4) is 0 Å². The highest BCUT2D eigenvalue weighted by molar-refractivity contribution is 5.70. The molecule has 35 heavy (non-hydrogen) atoms. The van der Waals surface area contributed by atoms with E-state index in [9.17, 15) is 9.59 Å². The van der Waals surface area contributed by atoms with Crippen LogP contribution in [0.4, 0.5) is 0 Å². The second-order valence-electron chi connectivity index (χ2n) is 9.69. The predicted octanol–water partition coefficient (Wildman–Crippen LogP) is 5.81. The number of hydrogen-bond acceptors (Lipinski definition) is 7. The second kappa shape index (κ2) is 27.4. The van der Waals surface area contributed by atoms with E-state index >= 15 is 0 Å². The fourth-order valence-electron chi connectivity index (χ4n) is 4.11. The van der Waals surface area contributed by atoms with Crippen LogP contribution in [-0.4, -0.2) is 51.5 Å². The number of carbonyl (C=O) groups excluding carboxylic acids is 2. The maximum absolute atomic E-state index is 12.1. The van der Waals surface area contributed by atoms with Gasteiger partial charge in [0, 0.05) is 20.0 Å². The summed E-state index contributed by atoms with van der Waals surface area (Å²) >= 11 is 0. The number of unbranched alkanes of at least 4 members (excludes halogenated alkanes) is 16. The molecule has 0 spiro atoms. The Morgan fingerprint density at radius 3 is 1.31 bits per heavy atom. The van der Waals surface area contributed by atoms with Gasteiger partial charge in [-0.2, -0.15) is 0 Å². The van der Waals surface area contributed by atoms with Crippen molar-refractivity contribution in [2.45, 2.75) is 135 Å². The summed E-state index contributed by atoms with van der Waals surface area (Å²) in [7, 11) is 1.55. The van der Waals surface area contributed by atoms with Crippen LogP contribution in [-0.2, 0) is 23.8 Å². The van der Waals surface area contributed by atoms with Gasteiger partial charge in [0.05, 0.1) is 6.61 Å². The van der Waals surface area contributed by atoms with Gasteiger partial charge in [0.1, 0.15) is 6.61 Å². The molecular weight excluding hydrogens is 444 g/mol. The summed E-state index contributed by atoms with van der Waals surface area (Å²) in [6.45, 7) is 1.88. The zero-order valence-corrected chi connectivity index (χ0v) is 22.7. The smallest absolute Gasteiger partial charge is 0.306 e. The molecule has 0 rings (SSSR count). The van der Waals surface area contributed by atoms with Crippen LogP contribution in [0.15, 0.2) is 0 Å². The number of nitrogens with two attached hydrogens (primary N) is 2. The van der Waals surface area contributed by atoms with Gasteiger partial charge in [-0.05, 0) is 38.8 Å². The predicted molar refractivity (Wildman–Crippen MR) is 143 cm³/mol. The monoisotopic (exact) mass is 500 g/mol. The minimum absolute atomic E-state index is 0.0609. The number of rotatable bonds is 27. The summed E-state index contributed by atoms with van der Waals surface area (Å²) in [5, 5.41) is 0. The van der Waals surface area contributed by atoms with Crippen LogP contribution < -0.4 is 11.5 Å². The molecule has 0 saturated carbocycles. The number of esters is 2. The summed E-state index contributed by atoms with van der Waals surface area (Å²) in [4.78, 5) is 24.2. The molecule has 4 N–H and O–H groups in total. The molecule has 0 amide bonds. The molecule has 0 heterocycles. The van der Waals surface area contributed by atoms with Gasteiger partial charge in [0.2, 0.25) is 0 Å². The van der Waals surface area contributed by atoms with Gasteiger partial charge in [-0.15, -0.1) is 0 Å². The van der Waals surface area contributed by atoms with Crippen molar-refractivity contribution in [2.75, 3.05) is 33.4 Å². The maximum Gasteiger partial charge on any atom is 0.306 e. The summed E-state index contributed by atoms with van der Waals surface area (Å²) in [6.07, 6.45) is 21.1. The van der Waals surface area contributed by atoms with E-state index in [0.29, 0.717) is 12.8 Å². The fourth-order valence-corrected chi connectivity index (χ4v) is 4.11. The number of carbonyl (C=O) groups is 2. The van der Waals surface area contributed by atoms with Crippen LogP contribution in [0, 0.1) is 0 Å². The third-order valence-corrected chi connectivity index (χ3v) is 6.25. The third kappa shape index (κ3) is 25.7. The van der Waals surface area contributed by atoms with E-state index in [1.54, 1.807) is 7.11 Å². The molecule has 7 nitrogen and oxygen atoms in total. The highest BCUT2D eigenvalue weighted by Crippen LogP contribution is 2.12. The van der Waals surface area contributed by atoms with E-state index in [-0.39, 0.29) is 25.2 Å². The lowest BCUT2D eigenvalue weighted by Gasteiger charge is -2.17. The van der Waals surface area contributed by atoms with Gasteiger partial charge in [0.15, 0.2) is 6.10 Å². The van der Waals surface area contributed by atoms with Crippen molar-refractivity contribution >= 4 is 11.9 Å². The number of hydrogen-bond donors (Lipinski definition) is 2. The van der Waals surface area contributed by atoms with Gasteiger partial charge >= 0.3 is 11.9 Å². The number of methoxy groups -OCH3 is 1. The second-order valence-corrected chi connectivity index (χ2v) is 9.69. The average Bonchev–Trinajstić information content (AvgIpc) is 2.85. The molecule has 0 aliphatic carbocycles. The molecule has 0 aromatic rings. The molecule has 7 heteroatoms. The molecule has 0 aromatic heterocycles. The van der Waals surface area contributed by atoms with Crippen LogP contribution in [0.25, 0.3) is 0 Å². The lowest BCUT2D eigenvalue weighted by Crippen LogP contribution is -2.29. The quantitative estimate of drug-likeness (QED) is 0.108. The van der Waals surface area contributed by atoms with Crippen LogP contribution >= 0.6 is 0 Å². The Morgan fingerprint density at radius 1 is 0.543 bits per heavy atom. The van der Waals surface area contributed by atoms with Crippen molar-refractivity contribution in [1.29, 1.82) is 0 Å². The zero-order valence-electron chi connectivity index (χ0n) is 22.7. The molecule has 0 saturated heterocycles. The molecule has 0 radical (unpaired) electrons. The molecule has 0 aromatic carbocycles. The summed E-state index contributed by atoms with van der Waals surface area (Å²) < 4.78 is 15.9. The molecule has 0 aliphatic rings. The summed E-state index contributed by atoms with van der Waals surface area (Å²) in [5.74, 6) is -0.472. The minimum Gasteiger partial charge on any atom is -0.462 e. The van der Waals surface area contributed by atoms with Crippen LogP contribution in [0.3, 0.4) is 0 Å². The Kier molecular flexibility index (Phi) is 26.5. The molecule has 1 atom stereocenters. The van der Waals surface area contributed by atoms with Crippen molar-refractivity contribution < 1.29 is 23.8 Å². The lowest BCUT2D eigenvalue weighted by atomic mass is 10.1. The molecule has 208 valence electrons. The fraction of sp³-hybridized carbons (Fsp3) is 0.929. The van der Waals surface area contributed by atoms with Gasteiger partial charge in [-0.25, -0.2) is 0 Å². The Labute approximate surface area is 215 Å². The standard InChI is InChI=1S/C28H56N2O5/c1-33-24-26(35-28(32)21-17-13-9-5-3-7-11-15-19-23-30)25-34-27(31)20-16-12-8-4-2-6-10-14-18-22-29/h26H,2-25,29-30H2,1H3. The molecular formula is C28H56N2O5. The highest BCUT2D eigenvalue weighted by atomic mass is 16.6. The zero-order chi connectivity index (χ0) is 25.8. The van der Waals surface area contributed by atoms with Crippen LogP contribution in [0.2, 0.25) is 0 Å². The Morgan fingerprint density at radius 2 is 0.914 bits per heavy atom. The Balaban J connectivity index is 3.71. The van der Waals surface area contributed by atoms with Crippen molar-refractivity contribution in [2.24, 2.45) is 11.5 Å². The summed E-state index contributed by atoms with van der Waals surface area (Å²) in [6, 6.07) is 0. The van der Waals surface area contributed by atoms with Crippen molar-refractivity contribution in [3.05, 3.63) is 0 Å². The van der Waals surface area contributed by atoms with E-state index in [4.69, 9.17) is 25.7 Å². The van der Waals surface area contributed by atoms with Crippen molar-refractivity contribution in [3.63, 3.8) is 0 Å². The van der Waals surface area contributed by atoms with E-state index in [1.807, 2.05) is 0 Å². The normalized spacial score (nSPS) is 12.0. The Hall–Kier alpha value is -1.18. The van der Waals surface area contributed by atoms with Crippen LogP contribution in [0.1, 0.15) is 128 Å². The first-order valence-electron chi connectivity index (χ1n) is 14.4. The largest absolute Gasteiger partial charge is 0.462 e. The van der Waals surface area contributed by atoms with Gasteiger partial charge in [0.25, 0.3) is 0 Å². The van der Waals surface area contributed by atoms with Gasteiger partial charge in [-0.1, -0.05) is 89.9 Å². The molecule has 1 unspecified atom stereocenters. The topological polar surface area (TPSA) is 114 Å². The Bertz CT molecular complexity index is 476. The van der Waals surface area contributed by atoms with Crippen LogP contribution in [0.5, 0.6) is 0 Å². The van der Waals surface area contributed by atoms with Gasteiger partial charge < -0.3 is 25.7 Å². The van der Waals surface area contributed by atoms with Gasteiger partial charge in [-0.3, -0.25) is 9.59 Å². The third-order valence-electron chi connectivity index (χ3n) is 6.25. The first-order chi connectivity index (χ1) is 17.1. The summed E-state index contributed by atoms with van der Waals surface area (Å²) in [5.41, 5.74) is 11.0. The first-order valence-corrected chi connectivity index (χ1v) is 14.4.